The van der Waals surface area contributed by atoms with Crippen LogP contribution >= 0.6 is 0 Å². The average molecular weight is 311 g/mol. The van der Waals surface area contributed by atoms with Gasteiger partial charge in [0.1, 0.15) is 0 Å². The van der Waals surface area contributed by atoms with Gasteiger partial charge in [-0.15, -0.1) is 0 Å². The molecule has 0 bridgehead atoms. The Labute approximate surface area is 125 Å². The fourth-order valence-corrected chi connectivity index (χ4v) is 3.46. The second-order valence-electron chi connectivity index (χ2n) is 5.52. The minimum atomic E-state index is -3.83. The molecule has 0 saturated carbocycles. The number of carbonyl (C=O) groups excluding carboxylic acids is 1. The Balaban J connectivity index is 2.13. The molecule has 0 radical (unpaired) electrons. The molecule has 1 aliphatic heterocycles. The van der Waals surface area contributed by atoms with Gasteiger partial charge in [-0.05, 0) is 38.3 Å². The number of carbonyl (C=O) groups is 1. The molecular formula is C15H21NO4S. The van der Waals surface area contributed by atoms with E-state index in [2.05, 4.69) is 5.32 Å². The molecule has 0 aliphatic carbocycles. The minimum absolute atomic E-state index is 0.106. The van der Waals surface area contributed by atoms with Crippen LogP contribution in [0.3, 0.4) is 0 Å². The van der Waals surface area contributed by atoms with E-state index in [-0.39, 0.29) is 17.4 Å². The van der Waals surface area contributed by atoms with E-state index >= 15 is 0 Å². The highest BCUT2D eigenvalue weighted by molar-refractivity contribution is 7.86. The van der Waals surface area contributed by atoms with Crippen molar-refractivity contribution in [2.45, 2.75) is 38.0 Å². The first-order chi connectivity index (χ1) is 9.89. The predicted molar refractivity (Wildman–Crippen MR) is 79.3 cm³/mol. The molecule has 21 heavy (non-hydrogen) atoms. The van der Waals surface area contributed by atoms with Crippen molar-refractivity contribution in [2.24, 2.45) is 5.41 Å². The van der Waals surface area contributed by atoms with E-state index in [0.29, 0.717) is 19.4 Å². The van der Waals surface area contributed by atoms with Crippen LogP contribution in [0.1, 0.15) is 31.7 Å². The van der Waals surface area contributed by atoms with Gasteiger partial charge >= 0.3 is 0 Å². The van der Waals surface area contributed by atoms with Crippen LogP contribution in [0.2, 0.25) is 0 Å². The molecule has 0 aromatic heterocycles. The van der Waals surface area contributed by atoms with Crippen LogP contribution in [-0.2, 0) is 19.1 Å². The minimum Gasteiger partial charge on any atom is -0.356 e. The summed E-state index contributed by atoms with van der Waals surface area (Å²) >= 11 is 0. The smallest absolute Gasteiger partial charge is 0.297 e. The lowest BCUT2D eigenvalue weighted by Gasteiger charge is -2.34. The third-order valence-corrected chi connectivity index (χ3v) is 5.35. The quantitative estimate of drug-likeness (QED) is 0.844. The highest BCUT2D eigenvalue weighted by atomic mass is 32.2. The van der Waals surface area contributed by atoms with Crippen molar-refractivity contribution >= 4 is 16.0 Å². The van der Waals surface area contributed by atoms with Crippen molar-refractivity contribution in [3.8, 4) is 0 Å². The van der Waals surface area contributed by atoms with Crippen LogP contribution in [0.4, 0.5) is 0 Å². The molecule has 5 nitrogen and oxygen atoms in total. The lowest BCUT2D eigenvalue weighted by molar-refractivity contribution is -0.135. The van der Waals surface area contributed by atoms with Crippen molar-refractivity contribution in [3.63, 3.8) is 0 Å². The van der Waals surface area contributed by atoms with Gasteiger partial charge in [0.15, 0.2) is 0 Å². The fraction of sp³-hybridized carbons (Fsp3) is 0.533. The molecule has 1 aliphatic rings. The van der Waals surface area contributed by atoms with Gasteiger partial charge in [0.25, 0.3) is 10.1 Å². The average Bonchev–Trinajstić information content (AvgIpc) is 2.47. The maximum Gasteiger partial charge on any atom is 0.297 e. The molecule has 6 heteroatoms. The van der Waals surface area contributed by atoms with Gasteiger partial charge in [-0.3, -0.25) is 8.98 Å². The number of hydrogen-bond acceptors (Lipinski definition) is 4. The van der Waals surface area contributed by atoms with Gasteiger partial charge in [0, 0.05) is 6.54 Å². The van der Waals surface area contributed by atoms with Crippen molar-refractivity contribution in [3.05, 3.63) is 29.8 Å². The Bertz CT molecular complexity index is 609. The summed E-state index contributed by atoms with van der Waals surface area (Å²) in [6, 6.07) is 6.48. The van der Waals surface area contributed by atoms with Crippen LogP contribution in [0.5, 0.6) is 0 Å². The van der Waals surface area contributed by atoms with Crippen molar-refractivity contribution in [2.75, 3.05) is 13.2 Å². The molecule has 1 saturated heterocycles. The van der Waals surface area contributed by atoms with Crippen LogP contribution in [-0.4, -0.2) is 27.5 Å². The van der Waals surface area contributed by atoms with E-state index in [4.69, 9.17) is 4.18 Å². The first-order valence-electron chi connectivity index (χ1n) is 7.14. The number of amides is 1. The summed E-state index contributed by atoms with van der Waals surface area (Å²) in [5, 5.41) is 2.79. The number of benzene rings is 1. The molecule has 1 N–H and O–H groups in total. The summed E-state index contributed by atoms with van der Waals surface area (Å²) in [6.45, 7) is 4.30. The van der Waals surface area contributed by atoms with Crippen molar-refractivity contribution < 1.29 is 17.4 Å². The molecule has 1 atom stereocenters. The van der Waals surface area contributed by atoms with Crippen LogP contribution in [0, 0.1) is 12.3 Å². The predicted octanol–water partition coefficient (Wildman–Crippen LogP) is 2.01. The molecule has 116 valence electrons. The van der Waals surface area contributed by atoms with E-state index in [1.165, 1.54) is 12.1 Å². The van der Waals surface area contributed by atoms with Crippen LogP contribution < -0.4 is 5.32 Å². The van der Waals surface area contributed by atoms with Gasteiger partial charge in [0.05, 0.1) is 16.9 Å². The van der Waals surface area contributed by atoms with Gasteiger partial charge in [0.2, 0.25) is 5.91 Å². The Hall–Kier alpha value is -1.40. The van der Waals surface area contributed by atoms with E-state index in [1.54, 1.807) is 12.1 Å². The zero-order chi connectivity index (χ0) is 15.5. The second kappa shape index (κ2) is 6.15. The Morgan fingerprint density at radius 1 is 1.29 bits per heavy atom. The van der Waals surface area contributed by atoms with E-state index in [0.717, 1.165) is 12.0 Å². The standard InChI is InChI=1S/C15H21NO4S/c1-3-15(9-4-10-16-14(15)17)11-20-21(18,19)13-7-5-12(2)6-8-13/h5-8H,3-4,9-11H2,1-2H3,(H,16,17)/t15-/m1/s1. The fourth-order valence-electron chi connectivity index (χ4n) is 2.47. The van der Waals surface area contributed by atoms with Crippen LogP contribution in [0.15, 0.2) is 29.2 Å². The first-order valence-corrected chi connectivity index (χ1v) is 8.55. The molecule has 1 aromatic rings. The number of rotatable bonds is 5. The summed E-state index contributed by atoms with van der Waals surface area (Å²) in [5.41, 5.74) is 0.237. The molecule has 0 unspecified atom stereocenters. The molecule has 1 aromatic carbocycles. The zero-order valence-electron chi connectivity index (χ0n) is 12.4. The highest BCUT2D eigenvalue weighted by Gasteiger charge is 2.40. The number of hydrogen-bond donors (Lipinski definition) is 1. The Kier molecular flexibility index (Phi) is 4.68. The lowest BCUT2D eigenvalue weighted by Crippen LogP contribution is -2.48. The highest BCUT2D eigenvalue weighted by Crippen LogP contribution is 2.32. The van der Waals surface area contributed by atoms with Crippen molar-refractivity contribution in [1.29, 1.82) is 0 Å². The summed E-state index contributed by atoms with van der Waals surface area (Å²) in [5.74, 6) is -0.115. The number of aryl methyl sites for hydroxylation is 1. The topological polar surface area (TPSA) is 72.5 Å². The van der Waals surface area contributed by atoms with Crippen molar-refractivity contribution in [1.82, 2.24) is 5.32 Å². The number of nitrogens with one attached hydrogen (secondary N) is 1. The van der Waals surface area contributed by atoms with Gasteiger partial charge in [-0.1, -0.05) is 24.6 Å². The lowest BCUT2D eigenvalue weighted by atomic mass is 9.78. The molecule has 1 heterocycles. The molecule has 0 spiro atoms. The van der Waals surface area contributed by atoms with Crippen LogP contribution in [0.25, 0.3) is 0 Å². The van der Waals surface area contributed by atoms with Gasteiger partial charge in [-0.25, -0.2) is 0 Å². The zero-order valence-corrected chi connectivity index (χ0v) is 13.2. The largest absolute Gasteiger partial charge is 0.356 e. The van der Waals surface area contributed by atoms with E-state index in [9.17, 15) is 13.2 Å². The second-order valence-corrected chi connectivity index (χ2v) is 7.14. The van der Waals surface area contributed by atoms with Gasteiger partial charge in [-0.2, -0.15) is 8.42 Å². The molecular weight excluding hydrogens is 290 g/mol. The molecule has 1 fully saturated rings. The summed E-state index contributed by atoms with van der Waals surface area (Å²) < 4.78 is 29.6. The molecule has 1 amide bonds. The Morgan fingerprint density at radius 3 is 2.52 bits per heavy atom. The molecule has 2 rings (SSSR count). The maximum atomic E-state index is 12.2. The van der Waals surface area contributed by atoms with E-state index in [1.807, 2.05) is 13.8 Å². The summed E-state index contributed by atoms with van der Waals surface area (Å²) in [6.07, 6.45) is 2.05. The normalized spacial score (nSPS) is 22.9. The summed E-state index contributed by atoms with van der Waals surface area (Å²) in [4.78, 5) is 12.2. The third-order valence-electron chi connectivity index (χ3n) is 4.08. The summed E-state index contributed by atoms with van der Waals surface area (Å²) in [7, 11) is -3.83. The first kappa shape index (κ1) is 16.0. The van der Waals surface area contributed by atoms with Gasteiger partial charge < -0.3 is 5.32 Å². The Morgan fingerprint density at radius 2 is 1.95 bits per heavy atom. The third kappa shape index (κ3) is 3.44. The SMILES string of the molecule is CC[C@]1(COS(=O)(=O)c2ccc(C)cc2)CCCNC1=O. The van der Waals surface area contributed by atoms with E-state index < -0.39 is 15.5 Å². The monoisotopic (exact) mass is 311 g/mol. The number of piperidine rings is 1. The maximum absolute atomic E-state index is 12.2.